The smallest absolute Gasteiger partial charge is 0.253 e. The SMILES string of the molecule is CS(=O)(=O)C1CCN(c2ccc(C(=O)NC(c3ccccc3)c3c[nH]c4cc(Cl)ccc4c3=O)cn2)CC1. The number of piperidine rings is 1. The van der Waals surface area contributed by atoms with E-state index in [2.05, 4.69) is 15.3 Å². The van der Waals surface area contributed by atoms with Crippen LogP contribution in [0.1, 0.15) is 40.4 Å². The Bertz CT molecular complexity index is 1630. The number of hydrogen-bond acceptors (Lipinski definition) is 6. The third-order valence-electron chi connectivity index (χ3n) is 6.97. The standard InChI is InChI=1S/C28H27ClN4O4S/c1-38(36,37)21-11-13-33(14-12-21)25-10-7-19(16-31-25)28(35)32-26(18-5-3-2-4-6-18)23-17-30-24-15-20(29)8-9-22(24)27(23)34/h2-10,15-17,21,26H,11-14H2,1H3,(H,30,34)(H,32,35). The van der Waals surface area contributed by atoms with Gasteiger partial charge in [-0.25, -0.2) is 13.4 Å². The molecule has 2 N–H and O–H groups in total. The van der Waals surface area contributed by atoms with Crippen LogP contribution >= 0.6 is 11.6 Å². The van der Waals surface area contributed by atoms with E-state index in [1.807, 2.05) is 35.2 Å². The number of carbonyl (C=O) groups is 1. The molecule has 1 saturated heterocycles. The molecule has 1 amide bonds. The molecule has 1 unspecified atom stereocenters. The van der Waals surface area contributed by atoms with Crippen LogP contribution in [0.4, 0.5) is 5.82 Å². The summed E-state index contributed by atoms with van der Waals surface area (Å²) in [4.78, 5) is 36.3. The Balaban J connectivity index is 1.38. The second kappa shape index (κ2) is 10.6. The molecule has 8 nitrogen and oxygen atoms in total. The Morgan fingerprint density at radius 2 is 1.84 bits per heavy atom. The number of nitrogens with zero attached hydrogens (tertiary/aromatic N) is 2. The van der Waals surface area contributed by atoms with Gasteiger partial charge in [0.15, 0.2) is 5.43 Å². The molecule has 1 fully saturated rings. The molecule has 5 rings (SSSR count). The summed E-state index contributed by atoms with van der Waals surface area (Å²) < 4.78 is 23.7. The Morgan fingerprint density at radius 3 is 2.50 bits per heavy atom. The number of aromatic amines is 1. The van der Waals surface area contributed by atoms with Crippen LogP contribution < -0.4 is 15.6 Å². The maximum Gasteiger partial charge on any atom is 0.253 e. The summed E-state index contributed by atoms with van der Waals surface area (Å²) >= 11 is 6.08. The highest BCUT2D eigenvalue weighted by Crippen LogP contribution is 2.24. The van der Waals surface area contributed by atoms with Gasteiger partial charge in [0, 0.05) is 47.7 Å². The highest BCUT2D eigenvalue weighted by atomic mass is 35.5. The maximum absolute atomic E-state index is 13.4. The molecule has 1 aliphatic rings. The van der Waals surface area contributed by atoms with Crippen molar-refractivity contribution in [3.8, 4) is 0 Å². The molecule has 3 heterocycles. The van der Waals surface area contributed by atoms with Gasteiger partial charge in [0.2, 0.25) is 0 Å². The molecule has 0 bridgehead atoms. The number of fused-ring (bicyclic) bond motifs is 1. The van der Waals surface area contributed by atoms with E-state index in [0.717, 1.165) is 5.56 Å². The lowest BCUT2D eigenvalue weighted by Crippen LogP contribution is -2.39. The van der Waals surface area contributed by atoms with Gasteiger partial charge in [-0.1, -0.05) is 41.9 Å². The van der Waals surface area contributed by atoms with E-state index in [4.69, 9.17) is 11.6 Å². The van der Waals surface area contributed by atoms with E-state index < -0.39 is 15.9 Å². The fraction of sp³-hybridized carbons (Fsp3) is 0.250. The molecule has 1 aliphatic heterocycles. The minimum absolute atomic E-state index is 0.199. The molecule has 0 aliphatic carbocycles. The zero-order valence-electron chi connectivity index (χ0n) is 20.7. The third kappa shape index (κ3) is 5.44. The fourth-order valence-electron chi connectivity index (χ4n) is 4.85. The van der Waals surface area contributed by atoms with Crippen LogP contribution in [0.15, 0.2) is 77.9 Å². The molecule has 1 atom stereocenters. The number of sulfone groups is 1. The second-order valence-corrected chi connectivity index (χ2v) is 12.3. The molecule has 0 spiro atoms. The lowest BCUT2D eigenvalue weighted by Gasteiger charge is -2.31. The van der Waals surface area contributed by atoms with E-state index >= 15 is 0 Å². The Morgan fingerprint density at radius 1 is 1.11 bits per heavy atom. The predicted octanol–water partition coefficient (Wildman–Crippen LogP) is 4.11. The van der Waals surface area contributed by atoms with Gasteiger partial charge < -0.3 is 15.2 Å². The maximum atomic E-state index is 13.4. The van der Waals surface area contributed by atoms with Crippen molar-refractivity contribution >= 4 is 44.1 Å². The number of benzene rings is 2. The molecule has 10 heteroatoms. The monoisotopic (exact) mass is 550 g/mol. The van der Waals surface area contributed by atoms with Crippen molar-refractivity contribution in [3.05, 3.63) is 105 Å². The first-order valence-electron chi connectivity index (χ1n) is 12.3. The number of H-pyrrole nitrogens is 1. The fourth-order valence-corrected chi connectivity index (χ4v) is 6.09. The van der Waals surface area contributed by atoms with E-state index in [-0.39, 0.29) is 16.6 Å². The first-order valence-corrected chi connectivity index (χ1v) is 14.6. The number of hydrogen-bond donors (Lipinski definition) is 2. The van der Waals surface area contributed by atoms with Gasteiger partial charge in [0.05, 0.1) is 22.4 Å². The Hall–Kier alpha value is -3.69. The highest BCUT2D eigenvalue weighted by Gasteiger charge is 2.27. The zero-order chi connectivity index (χ0) is 26.9. The van der Waals surface area contributed by atoms with Crippen molar-refractivity contribution < 1.29 is 13.2 Å². The third-order valence-corrected chi connectivity index (χ3v) is 8.89. The summed E-state index contributed by atoms with van der Waals surface area (Å²) in [7, 11) is -3.05. The lowest BCUT2D eigenvalue weighted by atomic mass is 9.98. The van der Waals surface area contributed by atoms with Crippen LogP contribution in [-0.2, 0) is 9.84 Å². The summed E-state index contributed by atoms with van der Waals surface area (Å²) in [6, 6.07) is 17.1. The van der Waals surface area contributed by atoms with Gasteiger partial charge in [-0.05, 0) is 48.7 Å². The summed E-state index contributed by atoms with van der Waals surface area (Å²) in [5.74, 6) is 0.321. The number of carbonyl (C=O) groups excluding carboxylic acids is 1. The first kappa shape index (κ1) is 25.9. The molecular formula is C28H27ClN4O4S. The molecular weight excluding hydrogens is 524 g/mol. The minimum Gasteiger partial charge on any atom is -0.361 e. The van der Waals surface area contributed by atoms with Crippen molar-refractivity contribution in [2.24, 2.45) is 0 Å². The molecule has 38 heavy (non-hydrogen) atoms. The van der Waals surface area contributed by atoms with Crippen molar-refractivity contribution in [1.82, 2.24) is 15.3 Å². The molecule has 0 radical (unpaired) electrons. The Kier molecular flexibility index (Phi) is 7.23. The van der Waals surface area contributed by atoms with Crippen LogP contribution in [0, 0.1) is 0 Å². The number of pyridine rings is 2. The average molecular weight is 551 g/mol. The number of amides is 1. The van der Waals surface area contributed by atoms with Crippen LogP contribution in [0.2, 0.25) is 5.02 Å². The minimum atomic E-state index is -3.05. The van der Waals surface area contributed by atoms with Crippen LogP contribution in [0.25, 0.3) is 10.9 Å². The number of aromatic nitrogens is 2. The summed E-state index contributed by atoms with van der Waals surface area (Å²) in [6.45, 7) is 1.17. The topological polar surface area (TPSA) is 112 Å². The van der Waals surface area contributed by atoms with Gasteiger partial charge >= 0.3 is 0 Å². The average Bonchev–Trinajstić information content (AvgIpc) is 2.92. The molecule has 2 aromatic carbocycles. The van der Waals surface area contributed by atoms with Gasteiger partial charge in [0.25, 0.3) is 5.91 Å². The number of rotatable bonds is 6. The molecule has 0 saturated carbocycles. The number of nitrogens with one attached hydrogen (secondary N) is 2. The van der Waals surface area contributed by atoms with Gasteiger partial charge in [-0.15, -0.1) is 0 Å². The van der Waals surface area contributed by atoms with E-state index in [0.29, 0.717) is 58.8 Å². The second-order valence-electron chi connectivity index (χ2n) is 9.50. The molecule has 2 aromatic heterocycles. The number of anilines is 1. The summed E-state index contributed by atoms with van der Waals surface area (Å²) in [5, 5.41) is 3.67. The Labute approximate surface area is 225 Å². The van der Waals surface area contributed by atoms with E-state index in [1.54, 1.807) is 36.5 Å². The van der Waals surface area contributed by atoms with Gasteiger partial charge in [-0.2, -0.15) is 0 Å². The largest absolute Gasteiger partial charge is 0.361 e. The van der Waals surface area contributed by atoms with E-state index in [1.165, 1.54) is 12.5 Å². The number of halogens is 1. The van der Waals surface area contributed by atoms with Crippen LogP contribution in [-0.4, -0.2) is 48.9 Å². The highest BCUT2D eigenvalue weighted by molar-refractivity contribution is 7.91. The van der Waals surface area contributed by atoms with Crippen molar-refractivity contribution in [1.29, 1.82) is 0 Å². The zero-order valence-corrected chi connectivity index (χ0v) is 22.3. The molecule has 196 valence electrons. The summed E-state index contributed by atoms with van der Waals surface area (Å²) in [6.07, 6.45) is 5.49. The van der Waals surface area contributed by atoms with E-state index in [9.17, 15) is 18.0 Å². The predicted molar refractivity (Wildman–Crippen MR) is 150 cm³/mol. The quantitative estimate of drug-likeness (QED) is 0.374. The van der Waals surface area contributed by atoms with Crippen LogP contribution in [0.3, 0.4) is 0 Å². The van der Waals surface area contributed by atoms with Crippen molar-refractivity contribution in [2.45, 2.75) is 24.1 Å². The lowest BCUT2D eigenvalue weighted by molar-refractivity contribution is 0.0942. The normalized spacial score (nSPS) is 15.4. The van der Waals surface area contributed by atoms with Crippen molar-refractivity contribution in [3.63, 3.8) is 0 Å². The summed E-state index contributed by atoms with van der Waals surface area (Å²) in [5.41, 5.74) is 1.93. The van der Waals surface area contributed by atoms with Crippen molar-refractivity contribution in [2.75, 3.05) is 24.2 Å². The first-order chi connectivity index (χ1) is 18.2. The van der Waals surface area contributed by atoms with Gasteiger partial charge in [0.1, 0.15) is 15.7 Å². The molecule has 4 aromatic rings. The van der Waals surface area contributed by atoms with Crippen LogP contribution in [0.5, 0.6) is 0 Å². The van der Waals surface area contributed by atoms with Gasteiger partial charge in [-0.3, -0.25) is 9.59 Å².